The molecule has 2 aromatic carbocycles. The molecule has 0 atom stereocenters. The second-order valence-corrected chi connectivity index (χ2v) is 6.48. The lowest BCUT2D eigenvalue weighted by atomic mass is 10.2. The van der Waals surface area contributed by atoms with E-state index in [-0.39, 0.29) is 0 Å². The maximum atomic E-state index is 6.04. The summed E-state index contributed by atoms with van der Waals surface area (Å²) >= 11 is 0. The quantitative estimate of drug-likeness (QED) is 0.460. The molecule has 2 heterocycles. The van der Waals surface area contributed by atoms with Crippen LogP contribution in [0, 0.1) is 13.8 Å². The smallest absolute Gasteiger partial charge is 0.374 e. The number of nitrogens with zero attached hydrogens (tertiary/aromatic N) is 2. The third kappa shape index (κ3) is 2.76. The fourth-order valence-corrected chi connectivity index (χ4v) is 3.59. The molecule has 0 aliphatic carbocycles. The number of rotatable bonds is 4. The summed E-state index contributed by atoms with van der Waals surface area (Å²) in [6.07, 6.45) is 4.21. The zero-order valence-corrected chi connectivity index (χ0v) is 15.4. The van der Waals surface area contributed by atoms with Crippen molar-refractivity contribution in [3.8, 4) is 5.69 Å². The monoisotopic (exact) mass is 343 g/mol. The van der Waals surface area contributed by atoms with Crippen LogP contribution in [0.15, 0.2) is 65.1 Å². The molecule has 4 aromatic rings. The van der Waals surface area contributed by atoms with Gasteiger partial charge in [-0.2, -0.15) is 4.57 Å². The van der Waals surface area contributed by atoms with Crippen molar-refractivity contribution in [2.24, 2.45) is 0 Å². The summed E-state index contributed by atoms with van der Waals surface area (Å²) in [5.41, 5.74) is 6.89. The summed E-state index contributed by atoms with van der Waals surface area (Å²) in [5, 5.41) is 0. The number of fused-ring (bicyclic) bond motifs is 1. The van der Waals surface area contributed by atoms with Gasteiger partial charge >= 0.3 is 5.89 Å². The van der Waals surface area contributed by atoms with Crippen LogP contribution < -0.4 is 4.57 Å². The van der Waals surface area contributed by atoms with Crippen LogP contribution in [0.4, 0.5) is 0 Å². The van der Waals surface area contributed by atoms with Gasteiger partial charge in [0.15, 0.2) is 0 Å². The summed E-state index contributed by atoms with van der Waals surface area (Å²) in [7, 11) is 0. The highest BCUT2D eigenvalue weighted by Gasteiger charge is 2.18. The number of oxazole rings is 1. The molecule has 0 saturated carbocycles. The Morgan fingerprint density at radius 2 is 1.69 bits per heavy atom. The van der Waals surface area contributed by atoms with Gasteiger partial charge in [-0.15, -0.1) is 0 Å². The van der Waals surface area contributed by atoms with Gasteiger partial charge in [-0.3, -0.25) is 0 Å². The van der Waals surface area contributed by atoms with Crippen LogP contribution in [0.3, 0.4) is 0 Å². The Hall–Kier alpha value is -3.07. The lowest BCUT2D eigenvalue weighted by Gasteiger charge is -2.08. The Morgan fingerprint density at radius 3 is 2.46 bits per heavy atom. The van der Waals surface area contributed by atoms with E-state index in [1.54, 1.807) is 0 Å². The number of hydrogen-bond donors (Lipinski definition) is 0. The van der Waals surface area contributed by atoms with Crippen molar-refractivity contribution in [1.29, 1.82) is 0 Å². The Labute approximate surface area is 153 Å². The molecule has 0 amide bonds. The van der Waals surface area contributed by atoms with Crippen molar-refractivity contribution >= 4 is 23.3 Å². The van der Waals surface area contributed by atoms with E-state index in [1.165, 1.54) is 22.6 Å². The van der Waals surface area contributed by atoms with E-state index in [2.05, 4.69) is 78.5 Å². The van der Waals surface area contributed by atoms with Gasteiger partial charge in [0.25, 0.3) is 5.52 Å². The van der Waals surface area contributed by atoms with Gasteiger partial charge in [0, 0.05) is 23.1 Å². The third-order valence-corrected chi connectivity index (χ3v) is 4.84. The van der Waals surface area contributed by atoms with Crippen molar-refractivity contribution in [3.05, 3.63) is 83.5 Å². The number of para-hydroxylation sites is 3. The highest BCUT2D eigenvalue weighted by Crippen LogP contribution is 2.23. The lowest BCUT2D eigenvalue weighted by molar-refractivity contribution is -0.674. The van der Waals surface area contributed by atoms with Crippen LogP contribution in [0.1, 0.15) is 29.8 Å². The topological polar surface area (TPSA) is 21.9 Å². The van der Waals surface area contributed by atoms with Crippen molar-refractivity contribution < 1.29 is 8.98 Å². The molecule has 3 nitrogen and oxygen atoms in total. The van der Waals surface area contributed by atoms with Crippen LogP contribution in [-0.2, 0) is 6.54 Å². The molecule has 0 fully saturated rings. The number of aromatic nitrogens is 2. The standard InChI is InChI=1S/C23H23N2O/c1-4-24-21-12-8-9-13-22(21)26-23(24)15-14-19-16-17(2)25(18(19)3)20-10-6-5-7-11-20/h5-16H,4H2,1-3H3/q+1. The molecule has 4 rings (SSSR count). The molecule has 0 N–H and O–H groups in total. The minimum atomic E-state index is 0.873. The predicted octanol–water partition coefficient (Wildman–Crippen LogP) is 5.32. The fourth-order valence-electron chi connectivity index (χ4n) is 3.59. The Balaban J connectivity index is 1.75. The van der Waals surface area contributed by atoms with Gasteiger partial charge in [-0.25, -0.2) is 0 Å². The minimum absolute atomic E-state index is 0.873. The van der Waals surface area contributed by atoms with Crippen LogP contribution in [-0.4, -0.2) is 4.57 Å². The Morgan fingerprint density at radius 1 is 0.962 bits per heavy atom. The zero-order chi connectivity index (χ0) is 18.1. The van der Waals surface area contributed by atoms with E-state index in [0.717, 1.165) is 23.5 Å². The fraction of sp³-hybridized carbons (Fsp3) is 0.174. The van der Waals surface area contributed by atoms with E-state index >= 15 is 0 Å². The van der Waals surface area contributed by atoms with Crippen LogP contribution in [0.25, 0.3) is 28.9 Å². The van der Waals surface area contributed by atoms with Crippen LogP contribution in [0.2, 0.25) is 0 Å². The Kier molecular flexibility index (Phi) is 4.21. The van der Waals surface area contributed by atoms with Crippen molar-refractivity contribution in [2.75, 3.05) is 0 Å². The van der Waals surface area contributed by atoms with Gasteiger partial charge in [-0.05, 0) is 56.7 Å². The maximum Gasteiger partial charge on any atom is 0.374 e. The molecule has 0 aliphatic heterocycles. The van der Waals surface area contributed by atoms with Crippen molar-refractivity contribution in [2.45, 2.75) is 27.3 Å². The molecule has 0 spiro atoms. The molecular formula is C23H23N2O+. The normalized spacial score (nSPS) is 11.7. The van der Waals surface area contributed by atoms with Crippen LogP contribution in [0.5, 0.6) is 0 Å². The molecule has 3 heteroatoms. The molecule has 2 aromatic heterocycles. The second-order valence-electron chi connectivity index (χ2n) is 6.48. The van der Waals surface area contributed by atoms with E-state index < -0.39 is 0 Å². The SMILES string of the molecule is CC[n+]1c(/C=C/c2cc(C)n(-c3ccccc3)c2C)oc2ccccc21. The highest BCUT2D eigenvalue weighted by molar-refractivity contribution is 5.73. The first kappa shape index (κ1) is 16.4. The van der Waals surface area contributed by atoms with E-state index in [9.17, 15) is 0 Å². The third-order valence-electron chi connectivity index (χ3n) is 4.84. The zero-order valence-electron chi connectivity index (χ0n) is 15.4. The number of aryl methyl sites for hydroxylation is 2. The summed E-state index contributed by atoms with van der Waals surface area (Å²) in [5.74, 6) is 0.873. The molecule has 130 valence electrons. The van der Waals surface area contributed by atoms with Gasteiger partial charge in [-0.1, -0.05) is 30.3 Å². The summed E-state index contributed by atoms with van der Waals surface area (Å²) in [6, 6.07) is 20.8. The summed E-state index contributed by atoms with van der Waals surface area (Å²) in [4.78, 5) is 0. The Bertz CT molecular complexity index is 1080. The number of hydrogen-bond acceptors (Lipinski definition) is 1. The van der Waals surface area contributed by atoms with E-state index in [0.29, 0.717) is 0 Å². The molecule has 0 radical (unpaired) electrons. The minimum Gasteiger partial charge on any atom is -0.398 e. The molecule has 0 saturated heterocycles. The van der Waals surface area contributed by atoms with Gasteiger partial charge in [0.2, 0.25) is 5.58 Å². The number of benzene rings is 2. The summed E-state index contributed by atoms with van der Waals surface area (Å²) < 4.78 is 10.5. The van der Waals surface area contributed by atoms with Gasteiger partial charge in [0.05, 0.1) is 6.08 Å². The average molecular weight is 343 g/mol. The second kappa shape index (κ2) is 6.68. The first-order chi connectivity index (χ1) is 12.7. The molecule has 0 bridgehead atoms. The van der Waals surface area contributed by atoms with Crippen molar-refractivity contribution in [3.63, 3.8) is 0 Å². The van der Waals surface area contributed by atoms with E-state index in [1.807, 2.05) is 24.3 Å². The first-order valence-electron chi connectivity index (χ1n) is 9.03. The summed E-state index contributed by atoms with van der Waals surface area (Å²) in [6.45, 7) is 7.32. The average Bonchev–Trinajstić information content (AvgIpc) is 3.16. The molecule has 26 heavy (non-hydrogen) atoms. The molecular weight excluding hydrogens is 320 g/mol. The highest BCUT2D eigenvalue weighted by atomic mass is 16.3. The molecule has 0 unspecified atom stereocenters. The first-order valence-corrected chi connectivity index (χ1v) is 9.03. The van der Waals surface area contributed by atoms with Crippen molar-refractivity contribution in [1.82, 2.24) is 4.57 Å². The van der Waals surface area contributed by atoms with Crippen LogP contribution >= 0.6 is 0 Å². The predicted molar refractivity (Wildman–Crippen MR) is 106 cm³/mol. The van der Waals surface area contributed by atoms with Gasteiger partial charge < -0.3 is 8.98 Å². The van der Waals surface area contributed by atoms with Gasteiger partial charge in [0.1, 0.15) is 6.54 Å². The molecule has 0 aliphatic rings. The van der Waals surface area contributed by atoms with E-state index in [4.69, 9.17) is 4.42 Å². The maximum absolute atomic E-state index is 6.04. The lowest BCUT2D eigenvalue weighted by Crippen LogP contribution is -2.33. The largest absolute Gasteiger partial charge is 0.398 e.